The Morgan fingerprint density at radius 3 is 2.57 bits per heavy atom. The standard InChI is InChI=1S/C22H20B2N4/c23-19-10-16-5-3-14(8-17(16)11-20(19)24)2-1-7-26-22-18-9-15(12-25)4-6-21(18)27-13-28-22/h3-6,8-11,13H,1-2,7,23-24H2,(H,26,27,28). The lowest BCUT2D eigenvalue weighted by molar-refractivity contribution is 0.860. The Morgan fingerprint density at radius 1 is 0.929 bits per heavy atom. The molecule has 1 N–H and O–H groups in total. The molecule has 3 aromatic carbocycles. The van der Waals surface area contributed by atoms with Crippen LogP contribution >= 0.6 is 0 Å². The molecule has 6 heteroatoms. The van der Waals surface area contributed by atoms with Crippen molar-refractivity contribution in [2.75, 3.05) is 11.9 Å². The molecule has 1 heterocycles. The van der Waals surface area contributed by atoms with Crippen molar-refractivity contribution in [1.82, 2.24) is 9.97 Å². The minimum atomic E-state index is 0.618. The summed E-state index contributed by atoms with van der Waals surface area (Å²) in [6, 6.07) is 18.9. The van der Waals surface area contributed by atoms with Gasteiger partial charge in [0.25, 0.3) is 0 Å². The van der Waals surface area contributed by atoms with Crippen LogP contribution in [0.2, 0.25) is 0 Å². The van der Waals surface area contributed by atoms with Crippen molar-refractivity contribution < 1.29 is 0 Å². The maximum Gasteiger partial charge on any atom is 0.138 e. The molecular formula is C22H20B2N4. The van der Waals surface area contributed by atoms with E-state index in [1.165, 1.54) is 27.3 Å². The number of benzene rings is 3. The first-order valence-corrected chi connectivity index (χ1v) is 9.53. The third-order valence-electron chi connectivity index (χ3n) is 5.22. The number of aryl methyl sites for hydroxylation is 1. The van der Waals surface area contributed by atoms with Crippen LogP contribution in [-0.4, -0.2) is 32.2 Å². The maximum absolute atomic E-state index is 9.12. The Hall–Kier alpha value is -3.32. The van der Waals surface area contributed by atoms with E-state index in [4.69, 9.17) is 5.26 Å². The summed E-state index contributed by atoms with van der Waals surface area (Å²) in [5, 5.41) is 16.0. The van der Waals surface area contributed by atoms with Crippen LogP contribution in [0.5, 0.6) is 0 Å². The van der Waals surface area contributed by atoms with Gasteiger partial charge >= 0.3 is 0 Å². The first-order valence-electron chi connectivity index (χ1n) is 9.53. The monoisotopic (exact) mass is 362 g/mol. The van der Waals surface area contributed by atoms with E-state index in [0.29, 0.717) is 5.56 Å². The van der Waals surface area contributed by atoms with E-state index in [-0.39, 0.29) is 0 Å². The minimum Gasteiger partial charge on any atom is -0.369 e. The zero-order valence-corrected chi connectivity index (χ0v) is 16.2. The number of aromatic nitrogens is 2. The molecule has 4 aromatic rings. The molecule has 0 unspecified atom stereocenters. The fourth-order valence-corrected chi connectivity index (χ4v) is 3.50. The molecule has 0 amide bonds. The molecular weight excluding hydrogens is 342 g/mol. The van der Waals surface area contributed by atoms with Crippen LogP contribution in [0.3, 0.4) is 0 Å². The molecule has 0 radical (unpaired) electrons. The van der Waals surface area contributed by atoms with Gasteiger partial charge < -0.3 is 5.32 Å². The molecule has 4 nitrogen and oxygen atoms in total. The first kappa shape index (κ1) is 18.1. The van der Waals surface area contributed by atoms with E-state index in [0.717, 1.165) is 36.1 Å². The Kier molecular flexibility index (Phi) is 4.99. The lowest BCUT2D eigenvalue weighted by Crippen LogP contribution is -2.24. The molecule has 28 heavy (non-hydrogen) atoms. The molecule has 0 atom stereocenters. The van der Waals surface area contributed by atoms with Gasteiger partial charge in [0.1, 0.15) is 27.8 Å². The highest BCUT2D eigenvalue weighted by Crippen LogP contribution is 2.21. The van der Waals surface area contributed by atoms with Gasteiger partial charge in [-0.2, -0.15) is 5.26 Å². The molecule has 0 saturated heterocycles. The zero-order valence-electron chi connectivity index (χ0n) is 16.2. The number of hydrogen-bond donors (Lipinski definition) is 1. The van der Waals surface area contributed by atoms with Crippen molar-refractivity contribution in [3.8, 4) is 6.07 Å². The van der Waals surface area contributed by atoms with E-state index < -0.39 is 0 Å². The smallest absolute Gasteiger partial charge is 0.138 e. The van der Waals surface area contributed by atoms with Gasteiger partial charge in [-0.25, -0.2) is 9.97 Å². The Balaban J connectivity index is 1.44. The van der Waals surface area contributed by atoms with Crippen LogP contribution in [0, 0.1) is 11.3 Å². The molecule has 0 aliphatic rings. The molecule has 134 valence electrons. The second kappa shape index (κ2) is 7.74. The van der Waals surface area contributed by atoms with Crippen molar-refractivity contribution >= 4 is 54.1 Å². The van der Waals surface area contributed by atoms with E-state index >= 15 is 0 Å². The molecule has 0 fully saturated rings. The van der Waals surface area contributed by atoms with E-state index in [2.05, 4.69) is 67.4 Å². The van der Waals surface area contributed by atoms with Crippen LogP contribution in [0.4, 0.5) is 5.82 Å². The molecule has 1 aromatic heterocycles. The third-order valence-corrected chi connectivity index (χ3v) is 5.22. The topological polar surface area (TPSA) is 61.6 Å². The average Bonchev–Trinajstić information content (AvgIpc) is 2.72. The zero-order chi connectivity index (χ0) is 19.5. The van der Waals surface area contributed by atoms with Gasteiger partial charge in [-0.15, -0.1) is 0 Å². The molecule has 0 bridgehead atoms. The normalized spacial score (nSPS) is 10.8. The maximum atomic E-state index is 9.12. The minimum absolute atomic E-state index is 0.618. The highest BCUT2D eigenvalue weighted by molar-refractivity contribution is 6.49. The lowest BCUT2D eigenvalue weighted by atomic mass is 9.79. The van der Waals surface area contributed by atoms with E-state index in [1.807, 2.05) is 12.1 Å². The van der Waals surface area contributed by atoms with Crippen molar-refractivity contribution in [3.05, 3.63) is 66.0 Å². The van der Waals surface area contributed by atoms with Gasteiger partial charge in [-0.05, 0) is 47.4 Å². The number of fused-ring (bicyclic) bond motifs is 2. The van der Waals surface area contributed by atoms with Gasteiger partial charge in [0.15, 0.2) is 0 Å². The first-order chi connectivity index (χ1) is 13.6. The highest BCUT2D eigenvalue weighted by atomic mass is 15.0. The number of rotatable bonds is 5. The SMILES string of the molecule is Bc1cc2ccc(CCCNc3ncnc4ccc(C#N)cc34)cc2cc1B. The summed E-state index contributed by atoms with van der Waals surface area (Å²) < 4.78 is 0. The second-order valence-electron chi connectivity index (χ2n) is 7.21. The van der Waals surface area contributed by atoms with E-state index in [1.54, 1.807) is 12.4 Å². The number of hydrogen-bond acceptors (Lipinski definition) is 4. The van der Waals surface area contributed by atoms with Crippen molar-refractivity contribution in [2.24, 2.45) is 0 Å². The summed E-state index contributed by atoms with van der Waals surface area (Å²) >= 11 is 0. The summed E-state index contributed by atoms with van der Waals surface area (Å²) in [7, 11) is 4.32. The van der Waals surface area contributed by atoms with Gasteiger partial charge in [0.05, 0.1) is 17.1 Å². The fourth-order valence-electron chi connectivity index (χ4n) is 3.50. The lowest BCUT2D eigenvalue weighted by Gasteiger charge is -2.10. The number of anilines is 1. The van der Waals surface area contributed by atoms with Crippen LogP contribution in [-0.2, 0) is 6.42 Å². The van der Waals surface area contributed by atoms with Crippen LogP contribution in [0.25, 0.3) is 21.7 Å². The summed E-state index contributed by atoms with van der Waals surface area (Å²) in [4.78, 5) is 8.63. The summed E-state index contributed by atoms with van der Waals surface area (Å²) in [6.45, 7) is 0.813. The Morgan fingerprint density at radius 2 is 1.75 bits per heavy atom. The summed E-state index contributed by atoms with van der Waals surface area (Å²) in [5.41, 5.74) is 5.47. The molecule has 0 spiro atoms. The summed E-state index contributed by atoms with van der Waals surface area (Å²) in [5.74, 6) is 0.784. The van der Waals surface area contributed by atoms with Crippen LogP contribution < -0.4 is 16.2 Å². The molecule has 0 aliphatic heterocycles. The molecule has 0 saturated carbocycles. The van der Waals surface area contributed by atoms with Crippen molar-refractivity contribution in [2.45, 2.75) is 12.8 Å². The highest BCUT2D eigenvalue weighted by Gasteiger charge is 2.05. The fraction of sp³-hybridized carbons (Fsp3) is 0.136. The second-order valence-corrected chi connectivity index (χ2v) is 7.21. The predicted octanol–water partition coefficient (Wildman–Crippen LogP) is 1.22. The average molecular weight is 362 g/mol. The quantitative estimate of drug-likeness (QED) is 0.429. The molecule has 4 rings (SSSR count). The largest absolute Gasteiger partial charge is 0.369 e. The Labute approximate surface area is 166 Å². The van der Waals surface area contributed by atoms with Gasteiger partial charge in [0, 0.05) is 11.9 Å². The van der Waals surface area contributed by atoms with E-state index in [9.17, 15) is 0 Å². The van der Waals surface area contributed by atoms with Gasteiger partial charge in [0.2, 0.25) is 0 Å². The van der Waals surface area contributed by atoms with Crippen LogP contribution in [0.1, 0.15) is 17.5 Å². The summed E-state index contributed by atoms with van der Waals surface area (Å²) in [6.07, 6.45) is 3.56. The number of nitrogens with zero attached hydrogens (tertiary/aromatic N) is 3. The number of nitrogens with one attached hydrogen (secondary N) is 1. The Bertz CT molecular complexity index is 1210. The predicted molar refractivity (Wildman–Crippen MR) is 121 cm³/mol. The van der Waals surface area contributed by atoms with Crippen LogP contribution in [0.15, 0.2) is 54.9 Å². The third kappa shape index (κ3) is 3.70. The van der Waals surface area contributed by atoms with Gasteiger partial charge in [-0.3, -0.25) is 0 Å². The molecule has 0 aliphatic carbocycles. The van der Waals surface area contributed by atoms with Crippen molar-refractivity contribution in [3.63, 3.8) is 0 Å². The number of nitriles is 1. The van der Waals surface area contributed by atoms with Crippen molar-refractivity contribution in [1.29, 1.82) is 5.26 Å². The van der Waals surface area contributed by atoms with Gasteiger partial charge in [-0.1, -0.05) is 41.3 Å².